The van der Waals surface area contributed by atoms with Gasteiger partial charge in [-0.05, 0) is 18.2 Å². The van der Waals surface area contributed by atoms with Gasteiger partial charge in [0.1, 0.15) is 5.82 Å². The van der Waals surface area contributed by atoms with E-state index < -0.39 is 5.97 Å². The van der Waals surface area contributed by atoms with Crippen molar-refractivity contribution >= 4 is 21.9 Å². The van der Waals surface area contributed by atoms with E-state index in [0.29, 0.717) is 0 Å². The lowest BCUT2D eigenvalue weighted by Gasteiger charge is -1.85. The molecule has 2 nitrogen and oxygen atoms in total. The summed E-state index contributed by atoms with van der Waals surface area (Å²) in [6.45, 7) is 1.60. The van der Waals surface area contributed by atoms with Crippen molar-refractivity contribution in [2.75, 3.05) is 0 Å². The minimum atomic E-state index is -0.745. The van der Waals surface area contributed by atoms with Crippen molar-refractivity contribution in [2.24, 2.45) is 0 Å². The Morgan fingerprint density at radius 1 is 1.62 bits per heavy atom. The number of carbonyl (C=O) groups is 1. The SMILES string of the molecule is CCC(=O)O.Fc1cccc(Br)c1. The predicted octanol–water partition coefficient (Wildman–Crippen LogP) is 3.07. The highest BCUT2D eigenvalue weighted by molar-refractivity contribution is 9.10. The number of hydrogen-bond donors (Lipinski definition) is 1. The van der Waals surface area contributed by atoms with E-state index in [2.05, 4.69) is 15.9 Å². The van der Waals surface area contributed by atoms with Gasteiger partial charge in [0.05, 0.1) is 0 Å². The van der Waals surface area contributed by atoms with Gasteiger partial charge in [-0.3, -0.25) is 4.79 Å². The molecule has 4 heteroatoms. The molecule has 0 aromatic heterocycles. The van der Waals surface area contributed by atoms with Gasteiger partial charge >= 0.3 is 5.97 Å². The van der Waals surface area contributed by atoms with Crippen molar-refractivity contribution in [2.45, 2.75) is 13.3 Å². The summed E-state index contributed by atoms with van der Waals surface area (Å²) in [5.41, 5.74) is 0. The predicted molar refractivity (Wildman–Crippen MR) is 52.0 cm³/mol. The van der Waals surface area contributed by atoms with Crippen LogP contribution in [0, 0.1) is 5.82 Å². The second-order valence-corrected chi connectivity index (χ2v) is 3.10. The van der Waals surface area contributed by atoms with Crippen molar-refractivity contribution < 1.29 is 14.3 Å². The quantitative estimate of drug-likeness (QED) is 0.830. The van der Waals surface area contributed by atoms with Crippen molar-refractivity contribution in [3.8, 4) is 0 Å². The fourth-order valence-electron chi connectivity index (χ4n) is 0.460. The van der Waals surface area contributed by atoms with Gasteiger partial charge in [0.25, 0.3) is 0 Å². The zero-order valence-corrected chi connectivity index (χ0v) is 8.71. The Morgan fingerprint density at radius 2 is 2.15 bits per heavy atom. The number of carboxylic acid groups (broad SMARTS) is 1. The molecule has 0 bridgehead atoms. The van der Waals surface area contributed by atoms with Crippen molar-refractivity contribution in [3.63, 3.8) is 0 Å². The molecule has 1 rings (SSSR count). The third-order valence-corrected chi connectivity index (χ3v) is 1.58. The van der Waals surface area contributed by atoms with Gasteiger partial charge < -0.3 is 5.11 Å². The molecule has 1 aromatic carbocycles. The van der Waals surface area contributed by atoms with Gasteiger partial charge in [-0.25, -0.2) is 4.39 Å². The molecule has 0 unspecified atom stereocenters. The fraction of sp³-hybridized carbons (Fsp3) is 0.222. The van der Waals surface area contributed by atoms with Crippen LogP contribution in [0.25, 0.3) is 0 Å². The molecule has 0 radical (unpaired) electrons. The second-order valence-electron chi connectivity index (χ2n) is 2.19. The van der Waals surface area contributed by atoms with Gasteiger partial charge in [0, 0.05) is 10.9 Å². The summed E-state index contributed by atoms with van der Waals surface area (Å²) in [5.74, 6) is -0.954. The fourth-order valence-corrected chi connectivity index (χ4v) is 0.831. The normalized spacial score (nSPS) is 8.54. The number of aliphatic carboxylic acids is 1. The monoisotopic (exact) mass is 248 g/mol. The first kappa shape index (κ1) is 12.1. The second kappa shape index (κ2) is 6.60. The molecule has 1 N–H and O–H groups in total. The Balaban J connectivity index is 0.000000252. The van der Waals surface area contributed by atoms with Crippen LogP contribution in [0.2, 0.25) is 0 Å². The Morgan fingerprint density at radius 3 is 2.38 bits per heavy atom. The Labute approximate surface area is 84.5 Å². The highest BCUT2D eigenvalue weighted by Gasteiger charge is 1.86. The Bertz CT molecular complexity index is 259. The molecule has 0 saturated heterocycles. The summed E-state index contributed by atoms with van der Waals surface area (Å²) < 4.78 is 12.9. The van der Waals surface area contributed by atoms with Gasteiger partial charge in [0.2, 0.25) is 0 Å². The van der Waals surface area contributed by atoms with Crippen LogP contribution in [0.5, 0.6) is 0 Å². The minimum absolute atomic E-state index is 0.209. The summed E-state index contributed by atoms with van der Waals surface area (Å²) in [4.78, 5) is 9.37. The Kier molecular flexibility index (Phi) is 6.14. The summed E-state index contributed by atoms with van der Waals surface area (Å²) in [7, 11) is 0. The van der Waals surface area contributed by atoms with Gasteiger partial charge in [-0.1, -0.05) is 28.9 Å². The van der Waals surface area contributed by atoms with E-state index in [0.717, 1.165) is 4.47 Å². The van der Waals surface area contributed by atoms with Crippen molar-refractivity contribution in [3.05, 3.63) is 34.6 Å². The topological polar surface area (TPSA) is 37.3 Å². The number of rotatable bonds is 1. The third-order valence-electron chi connectivity index (χ3n) is 1.09. The number of carboxylic acids is 1. The molecule has 13 heavy (non-hydrogen) atoms. The molecule has 0 atom stereocenters. The zero-order valence-electron chi connectivity index (χ0n) is 7.13. The molecular weight excluding hydrogens is 239 g/mol. The van der Waals surface area contributed by atoms with E-state index in [1.165, 1.54) is 12.1 Å². The van der Waals surface area contributed by atoms with Gasteiger partial charge in [-0.2, -0.15) is 0 Å². The first-order valence-electron chi connectivity index (χ1n) is 3.69. The average molecular weight is 249 g/mol. The molecule has 0 spiro atoms. The van der Waals surface area contributed by atoms with Crippen LogP contribution in [0.4, 0.5) is 4.39 Å². The van der Waals surface area contributed by atoms with Crippen LogP contribution in [0.15, 0.2) is 28.7 Å². The highest BCUT2D eigenvalue weighted by atomic mass is 79.9. The van der Waals surface area contributed by atoms with Gasteiger partial charge in [0.15, 0.2) is 0 Å². The molecule has 0 aliphatic rings. The third kappa shape index (κ3) is 7.46. The van der Waals surface area contributed by atoms with E-state index in [4.69, 9.17) is 5.11 Å². The average Bonchev–Trinajstić information content (AvgIpc) is 2.05. The molecule has 0 amide bonds. The van der Waals surface area contributed by atoms with E-state index in [1.807, 2.05) is 0 Å². The zero-order chi connectivity index (χ0) is 10.3. The molecular formula is C9H10BrFO2. The summed E-state index contributed by atoms with van der Waals surface area (Å²) in [5, 5.41) is 7.72. The molecule has 0 heterocycles. The van der Waals surface area contributed by atoms with Crippen LogP contribution >= 0.6 is 15.9 Å². The van der Waals surface area contributed by atoms with E-state index >= 15 is 0 Å². The maximum atomic E-state index is 12.1. The molecule has 72 valence electrons. The van der Waals surface area contributed by atoms with E-state index in [1.54, 1.807) is 19.1 Å². The van der Waals surface area contributed by atoms with Crippen molar-refractivity contribution in [1.82, 2.24) is 0 Å². The summed E-state index contributed by atoms with van der Waals surface area (Å²) >= 11 is 3.12. The molecule has 0 saturated carbocycles. The molecule has 0 fully saturated rings. The highest BCUT2D eigenvalue weighted by Crippen LogP contribution is 2.09. The standard InChI is InChI=1S/C6H4BrF.C3H6O2/c7-5-2-1-3-6(8)4-5;1-2-3(4)5/h1-4H;2H2,1H3,(H,4,5). The first-order chi connectivity index (χ1) is 6.06. The number of halogens is 2. The lowest BCUT2D eigenvalue weighted by molar-refractivity contribution is -0.136. The smallest absolute Gasteiger partial charge is 0.303 e. The number of benzene rings is 1. The summed E-state index contributed by atoms with van der Waals surface area (Å²) in [6, 6.07) is 6.26. The van der Waals surface area contributed by atoms with E-state index in [-0.39, 0.29) is 12.2 Å². The lowest BCUT2D eigenvalue weighted by Crippen LogP contribution is -1.86. The largest absolute Gasteiger partial charge is 0.481 e. The van der Waals surface area contributed by atoms with Gasteiger partial charge in [-0.15, -0.1) is 0 Å². The summed E-state index contributed by atoms with van der Waals surface area (Å²) in [6.07, 6.45) is 0.222. The van der Waals surface area contributed by atoms with Crippen LogP contribution in [-0.2, 0) is 4.79 Å². The molecule has 0 aliphatic heterocycles. The van der Waals surface area contributed by atoms with Crippen LogP contribution < -0.4 is 0 Å². The van der Waals surface area contributed by atoms with E-state index in [9.17, 15) is 9.18 Å². The van der Waals surface area contributed by atoms with Crippen molar-refractivity contribution in [1.29, 1.82) is 0 Å². The maximum Gasteiger partial charge on any atom is 0.303 e. The van der Waals surface area contributed by atoms with Crippen LogP contribution in [-0.4, -0.2) is 11.1 Å². The molecule has 0 aliphatic carbocycles. The maximum absolute atomic E-state index is 12.1. The minimum Gasteiger partial charge on any atom is -0.481 e. The lowest BCUT2D eigenvalue weighted by atomic mass is 10.4. The Hall–Kier alpha value is -0.900. The first-order valence-corrected chi connectivity index (χ1v) is 4.48. The molecule has 1 aromatic rings. The van der Waals surface area contributed by atoms with Crippen LogP contribution in [0.1, 0.15) is 13.3 Å². The number of hydrogen-bond acceptors (Lipinski definition) is 1. The van der Waals surface area contributed by atoms with Crippen LogP contribution in [0.3, 0.4) is 0 Å².